The Balaban J connectivity index is 3.02. The first-order valence-electron chi connectivity index (χ1n) is 8.02. The normalized spacial score (nSPS) is 14.7. The molecular formula is C16H30BrN3O. The molecular weight excluding hydrogens is 330 g/mol. The third kappa shape index (κ3) is 4.54. The molecule has 2 atom stereocenters. The minimum atomic E-state index is 0.206. The van der Waals surface area contributed by atoms with Crippen LogP contribution in [-0.4, -0.2) is 35.6 Å². The topological polar surface area (TPSA) is 39.1 Å². The average Bonchev–Trinajstić information content (AvgIpc) is 2.78. The first-order chi connectivity index (χ1) is 9.99. The summed E-state index contributed by atoms with van der Waals surface area (Å²) >= 11 is 3.73. The summed E-state index contributed by atoms with van der Waals surface area (Å²) in [7, 11) is 2.01. The molecule has 0 bridgehead atoms. The van der Waals surface area contributed by atoms with Gasteiger partial charge < -0.3 is 10.1 Å². The van der Waals surface area contributed by atoms with Gasteiger partial charge in [-0.2, -0.15) is 5.10 Å². The lowest BCUT2D eigenvalue weighted by Crippen LogP contribution is -2.44. The predicted octanol–water partition coefficient (Wildman–Crippen LogP) is 3.42. The summed E-state index contributed by atoms with van der Waals surface area (Å²) < 4.78 is 9.23. The molecule has 0 aliphatic heterocycles. The van der Waals surface area contributed by atoms with Crippen molar-refractivity contribution in [3.05, 3.63) is 15.9 Å². The van der Waals surface area contributed by atoms with Crippen LogP contribution in [0.5, 0.6) is 0 Å². The zero-order valence-electron chi connectivity index (χ0n) is 14.2. The number of nitrogens with zero attached hydrogens (tertiary/aromatic N) is 2. The van der Waals surface area contributed by atoms with Crippen molar-refractivity contribution in [3.8, 4) is 0 Å². The highest BCUT2D eigenvalue weighted by molar-refractivity contribution is 9.10. The van der Waals surface area contributed by atoms with Gasteiger partial charge in [0.2, 0.25) is 0 Å². The van der Waals surface area contributed by atoms with E-state index in [1.54, 1.807) is 0 Å². The first-order valence-corrected chi connectivity index (χ1v) is 8.82. The fraction of sp³-hybridized carbons (Fsp3) is 0.812. The molecule has 0 aromatic carbocycles. The molecule has 0 radical (unpaired) electrons. The van der Waals surface area contributed by atoms with Crippen molar-refractivity contribution in [3.63, 3.8) is 0 Å². The van der Waals surface area contributed by atoms with Crippen molar-refractivity contribution in [1.82, 2.24) is 15.1 Å². The van der Waals surface area contributed by atoms with E-state index in [-0.39, 0.29) is 12.1 Å². The molecule has 21 heavy (non-hydrogen) atoms. The van der Waals surface area contributed by atoms with E-state index >= 15 is 0 Å². The maximum Gasteiger partial charge on any atom is 0.0766 e. The van der Waals surface area contributed by atoms with Gasteiger partial charge in [-0.25, -0.2) is 0 Å². The molecule has 0 amide bonds. The van der Waals surface area contributed by atoms with Gasteiger partial charge in [-0.3, -0.25) is 4.68 Å². The Labute approximate surface area is 137 Å². The molecule has 1 N–H and O–H groups in total. The second-order valence-corrected chi connectivity index (χ2v) is 6.43. The van der Waals surface area contributed by atoms with E-state index in [1.807, 2.05) is 7.05 Å². The van der Waals surface area contributed by atoms with Crippen molar-refractivity contribution in [2.75, 3.05) is 13.7 Å². The van der Waals surface area contributed by atoms with Crippen molar-refractivity contribution in [1.29, 1.82) is 0 Å². The molecule has 0 aliphatic rings. The number of rotatable bonds is 9. The number of hydrogen-bond donors (Lipinski definition) is 1. The Bertz CT molecular complexity index is 431. The largest absolute Gasteiger partial charge is 0.377 e. The van der Waals surface area contributed by atoms with E-state index < -0.39 is 0 Å². The van der Waals surface area contributed by atoms with Crippen molar-refractivity contribution in [2.24, 2.45) is 5.92 Å². The van der Waals surface area contributed by atoms with E-state index in [9.17, 15) is 0 Å². The van der Waals surface area contributed by atoms with Crippen molar-refractivity contribution >= 4 is 15.9 Å². The smallest absolute Gasteiger partial charge is 0.0766 e. The van der Waals surface area contributed by atoms with Crippen LogP contribution in [0.4, 0.5) is 0 Å². The van der Waals surface area contributed by atoms with Gasteiger partial charge in [-0.15, -0.1) is 0 Å². The number of hydrogen-bond acceptors (Lipinski definition) is 3. The molecule has 122 valence electrons. The van der Waals surface area contributed by atoms with Gasteiger partial charge in [0.05, 0.1) is 22.0 Å². The van der Waals surface area contributed by atoms with Crippen LogP contribution in [0.3, 0.4) is 0 Å². The standard InChI is InChI=1S/C16H30BrN3O/c1-7-12-15(17)14(20(8-2)19-12)10-13(18-6)16(11(4)5)21-9-3/h11,13,16,18H,7-10H2,1-6H3. The van der Waals surface area contributed by atoms with Gasteiger partial charge in [0.25, 0.3) is 0 Å². The Morgan fingerprint density at radius 2 is 1.95 bits per heavy atom. The molecule has 0 spiro atoms. The summed E-state index contributed by atoms with van der Waals surface area (Å²) in [5, 5.41) is 8.12. The third-order valence-electron chi connectivity index (χ3n) is 3.89. The summed E-state index contributed by atoms with van der Waals surface area (Å²) in [6, 6.07) is 0.285. The molecule has 1 rings (SSSR count). The number of halogens is 1. The summed E-state index contributed by atoms with van der Waals surface area (Å²) in [5.74, 6) is 0.477. The van der Waals surface area contributed by atoms with Gasteiger partial charge in [-0.05, 0) is 49.2 Å². The fourth-order valence-electron chi connectivity index (χ4n) is 2.77. The minimum absolute atomic E-state index is 0.206. The van der Waals surface area contributed by atoms with Crippen LogP contribution in [0.15, 0.2) is 4.47 Å². The molecule has 1 heterocycles. The molecule has 0 fully saturated rings. The molecule has 4 nitrogen and oxygen atoms in total. The Kier molecular flexibility index (Phi) is 7.92. The minimum Gasteiger partial charge on any atom is -0.377 e. The van der Waals surface area contributed by atoms with Crippen LogP contribution in [0.1, 0.15) is 46.0 Å². The van der Waals surface area contributed by atoms with Crippen LogP contribution < -0.4 is 5.32 Å². The second-order valence-electron chi connectivity index (χ2n) is 5.64. The Morgan fingerprint density at radius 3 is 2.38 bits per heavy atom. The van der Waals surface area contributed by atoms with Crippen LogP contribution in [0.25, 0.3) is 0 Å². The molecule has 0 saturated carbocycles. The lowest BCUT2D eigenvalue weighted by Gasteiger charge is -2.30. The van der Waals surface area contributed by atoms with Crippen LogP contribution in [-0.2, 0) is 24.1 Å². The predicted molar refractivity (Wildman–Crippen MR) is 91.8 cm³/mol. The fourth-order valence-corrected chi connectivity index (χ4v) is 3.49. The third-order valence-corrected chi connectivity index (χ3v) is 4.81. The van der Waals surface area contributed by atoms with E-state index in [0.29, 0.717) is 5.92 Å². The summed E-state index contributed by atoms with van der Waals surface area (Å²) in [4.78, 5) is 0. The summed E-state index contributed by atoms with van der Waals surface area (Å²) in [6.07, 6.45) is 2.07. The molecule has 5 heteroatoms. The Morgan fingerprint density at radius 1 is 1.29 bits per heavy atom. The SMILES string of the molecule is CCOC(C(C)C)C(Cc1c(Br)c(CC)nn1CC)NC. The van der Waals surface area contributed by atoms with Crippen molar-refractivity contribution in [2.45, 2.75) is 66.2 Å². The van der Waals surface area contributed by atoms with Gasteiger partial charge in [0.15, 0.2) is 0 Å². The quantitative estimate of drug-likeness (QED) is 0.734. The average molecular weight is 360 g/mol. The summed E-state index contributed by atoms with van der Waals surface area (Å²) in [5.41, 5.74) is 2.40. The highest BCUT2D eigenvalue weighted by atomic mass is 79.9. The number of aromatic nitrogens is 2. The first kappa shape index (κ1) is 18.7. The highest BCUT2D eigenvalue weighted by Gasteiger charge is 2.27. The van der Waals surface area contributed by atoms with E-state index in [0.717, 1.165) is 36.2 Å². The van der Waals surface area contributed by atoms with Crippen LogP contribution in [0, 0.1) is 5.92 Å². The second kappa shape index (κ2) is 8.91. The highest BCUT2D eigenvalue weighted by Crippen LogP contribution is 2.25. The van der Waals surface area contributed by atoms with E-state index in [4.69, 9.17) is 4.74 Å². The van der Waals surface area contributed by atoms with Gasteiger partial charge in [-0.1, -0.05) is 20.8 Å². The van der Waals surface area contributed by atoms with Crippen LogP contribution >= 0.6 is 15.9 Å². The maximum atomic E-state index is 5.97. The maximum absolute atomic E-state index is 5.97. The lowest BCUT2D eigenvalue weighted by molar-refractivity contribution is 0.00489. The number of nitrogens with one attached hydrogen (secondary N) is 1. The van der Waals surface area contributed by atoms with Gasteiger partial charge >= 0.3 is 0 Å². The van der Waals surface area contributed by atoms with E-state index in [2.05, 4.69) is 65.6 Å². The molecule has 0 aliphatic carbocycles. The number of aryl methyl sites for hydroxylation is 2. The van der Waals surface area contributed by atoms with Gasteiger partial charge in [0.1, 0.15) is 0 Å². The van der Waals surface area contributed by atoms with Gasteiger partial charge in [0, 0.05) is 25.6 Å². The number of likely N-dealkylation sites (N-methyl/N-ethyl adjacent to an activating group) is 1. The molecule has 0 saturated heterocycles. The summed E-state index contributed by atoms with van der Waals surface area (Å²) in [6.45, 7) is 12.4. The zero-order valence-corrected chi connectivity index (χ0v) is 15.8. The number of ether oxygens (including phenoxy) is 1. The molecule has 1 aromatic heterocycles. The Hall–Kier alpha value is -0.390. The monoisotopic (exact) mass is 359 g/mol. The van der Waals surface area contributed by atoms with E-state index in [1.165, 1.54) is 5.69 Å². The zero-order chi connectivity index (χ0) is 16.0. The van der Waals surface area contributed by atoms with Crippen LogP contribution in [0.2, 0.25) is 0 Å². The lowest BCUT2D eigenvalue weighted by atomic mass is 9.95. The molecule has 1 aromatic rings. The molecule has 2 unspecified atom stereocenters. The van der Waals surface area contributed by atoms with Crippen molar-refractivity contribution < 1.29 is 4.74 Å².